The lowest BCUT2D eigenvalue weighted by Gasteiger charge is -2.52. The predicted octanol–water partition coefficient (Wildman–Crippen LogP) is 4.13. The van der Waals surface area contributed by atoms with Crippen LogP contribution in [0.2, 0.25) is 0 Å². The van der Waals surface area contributed by atoms with Crippen molar-refractivity contribution in [2.24, 2.45) is 5.92 Å². The monoisotopic (exact) mass is 404 g/mol. The highest BCUT2D eigenvalue weighted by Gasteiger charge is 2.51. The topological polar surface area (TPSA) is 66.8 Å². The van der Waals surface area contributed by atoms with Crippen LogP contribution in [0.4, 0.5) is 0 Å². The summed E-state index contributed by atoms with van der Waals surface area (Å²) in [4.78, 5) is 10.9. The Kier molecular flexibility index (Phi) is 5.58. The van der Waals surface area contributed by atoms with E-state index in [1.54, 1.807) is 6.92 Å². The average Bonchev–Trinajstić information content (AvgIpc) is 2.73. The molecule has 0 heterocycles. The maximum atomic E-state index is 11.1. The standard InChI is InChI=1S/C26H28O4/c1-2-12-25(29)13-14-26(16-19-6-4-3-5-7-19)21(17-25)9-8-20-15-22(10-11-23(20)26)30-18-24(27)28/h3-7,10-11,15,21,29H,8-9,13-14,16-18H2,1H3,(H,27,28)/t21-,25-,26+/m1/s1. The van der Waals surface area contributed by atoms with E-state index < -0.39 is 11.6 Å². The molecule has 2 aromatic carbocycles. The highest BCUT2D eigenvalue weighted by molar-refractivity contribution is 5.68. The highest BCUT2D eigenvalue weighted by atomic mass is 16.5. The second kappa shape index (κ2) is 8.16. The Morgan fingerprint density at radius 2 is 2.00 bits per heavy atom. The predicted molar refractivity (Wildman–Crippen MR) is 115 cm³/mol. The zero-order valence-electron chi connectivity index (χ0n) is 17.4. The Labute approximate surface area is 177 Å². The number of carboxylic acids is 1. The van der Waals surface area contributed by atoms with Crippen molar-refractivity contribution < 1.29 is 19.7 Å². The third-order valence-electron chi connectivity index (χ3n) is 6.81. The van der Waals surface area contributed by atoms with Crippen molar-refractivity contribution in [2.75, 3.05) is 6.61 Å². The summed E-state index contributed by atoms with van der Waals surface area (Å²) in [6, 6.07) is 16.6. The van der Waals surface area contributed by atoms with Gasteiger partial charge in [0.15, 0.2) is 6.61 Å². The minimum atomic E-state index is -0.975. The quantitative estimate of drug-likeness (QED) is 0.736. The Bertz CT molecular complexity index is 987. The lowest BCUT2D eigenvalue weighted by molar-refractivity contribution is -0.139. The van der Waals surface area contributed by atoms with Gasteiger partial charge in [-0.1, -0.05) is 42.3 Å². The lowest BCUT2D eigenvalue weighted by Crippen LogP contribution is -2.50. The molecular weight excluding hydrogens is 376 g/mol. The number of carboxylic acid groups (broad SMARTS) is 1. The fraction of sp³-hybridized carbons (Fsp3) is 0.423. The zero-order chi connectivity index (χ0) is 21.2. The molecule has 30 heavy (non-hydrogen) atoms. The SMILES string of the molecule is CC#C[C@@]1(O)CC[C@@]2(Cc3ccccc3)c3ccc(OCC(=O)O)cc3CC[C@@H]2C1. The second-order valence-electron chi connectivity index (χ2n) is 8.67. The molecule has 4 nitrogen and oxygen atoms in total. The van der Waals surface area contributed by atoms with Crippen molar-refractivity contribution in [1.29, 1.82) is 0 Å². The molecule has 4 heteroatoms. The average molecular weight is 405 g/mol. The first-order chi connectivity index (χ1) is 14.4. The van der Waals surface area contributed by atoms with Gasteiger partial charge in [0.25, 0.3) is 0 Å². The van der Waals surface area contributed by atoms with Crippen LogP contribution >= 0.6 is 0 Å². The summed E-state index contributed by atoms with van der Waals surface area (Å²) in [7, 11) is 0. The maximum absolute atomic E-state index is 11.1. The van der Waals surface area contributed by atoms with E-state index in [1.807, 2.05) is 18.2 Å². The molecule has 0 unspecified atom stereocenters. The molecule has 1 fully saturated rings. The van der Waals surface area contributed by atoms with Gasteiger partial charge in [0.2, 0.25) is 0 Å². The van der Waals surface area contributed by atoms with Crippen LogP contribution in [0.15, 0.2) is 48.5 Å². The Morgan fingerprint density at radius 3 is 2.73 bits per heavy atom. The Balaban J connectivity index is 1.72. The number of aliphatic carboxylic acids is 1. The molecule has 2 N–H and O–H groups in total. The van der Waals surface area contributed by atoms with Gasteiger partial charge in [0.1, 0.15) is 11.4 Å². The third-order valence-corrected chi connectivity index (χ3v) is 6.81. The van der Waals surface area contributed by atoms with Crippen LogP contribution in [0.1, 0.15) is 49.3 Å². The van der Waals surface area contributed by atoms with Crippen molar-refractivity contribution in [1.82, 2.24) is 0 Å². The maximum Gasteiger partial charge on any atom is 0.341 e. The summed E-state index contributed by atoms with van der Waals surface area (Å²) >= 11 is 0. The zero-order valence-corrected chi connectivity index (χ0v) is 17.4. The number of benzene rings is 2. The first-order valence-corrected chi connectivity index (χ1v) is 10.6. The van der Waals surface area contributed by atoms with Crippen LogP contribution in [0.3, 0.4) is 0 Å². The Hall–Kier alpha value is -2.77. The number of fused-ring (bicyclic) bond motifs is 3. The molecule has 4 rings (SSSR count). The molecule has 3 atom stereocenters. The summed E-state index contributed by atoms with van der Waals surface area (Å²) in [6.45, 7) is 1.46. The molecule has 2 aliphatic carbocycles. The lowest BCUT2D eigenvalue weighted by atomic mass is 9.52. The molecule has 0 radical (unpaired) electrons. The molecule has 0 aromatic heterocycles. The number of hydrogen-bond acceptors (Lipinski definition) is 3. The molecule has 156 valence electrons. The summed E-state index contributed by atoms with van der Waals surface area (Å²) < 4.78 is 5.43. The molecule has 0 spiro atoms. The molecule has 2 aliphatic rings. The fourth-order valence-corrected chi connectivity index (χ4v) is 5.53. The van der Waals surface area contributed by atoms with Gasteiger partial charge in [0.05, 0.1) is 0 Å². The molecule has 0 bridgehead atoms. The van der Waals surface area contributed by atoms with Gasteiger partial charge < -0.3 is 14.9 Å². The highest BCUT2D eigenvalue weighted by Crippen LogP contribution is 2.54. The first kappa shape index (κ1) is 20.5. The van der Waals surface area contributed by atoms with Gasteiger partial charge in [0, 0.05) is 5.41 Å². The minimum absolute atomic E-state index is 0.0537. The van der Waals surface area contributed by atoms with Crippen LogP contribution in [0.25, 0.3) is 0 Å². The van der Waals surface area contributed by atoms with E-state index in [2.05, 4.69) is 42.2 Å². The summed E-state index contributed by atoms with van der Waals surface area (Å²) in [5.41, 5.74) is 2.89. The third kappa shape index (κ3) is 3.95. The molecule has 0 amide bonds. The second-order valence-corrected chi connectivity index (χ2v) is 8.67. The largest absolute Gasteiger partial charge is 0.482 e. The number of carbonyl (C=O) groups is 1. The van der Waals surface area contributed by atoms with E-state index >= 15 is 0 Å². The van der Waals surface area contributed by atoms with Crippen LogP contribution in [-0.4, -0.2) is 28.4 Å². The van der Waals surface area contributed by atoms with E-state index in [1.165, 1.54) is 16.7 Å². The van der Waals surface area contributed by atoms with Gasteiger partial charge in [-0.3, -0.25) is 0 Å². The summed E-state index contributed by atoms with van der Waals surface area (Å²) in [5, 5.41) is 20.0. The fourth-order valence-electron chi connectivity index (χ4n) is 5.53. The van der Waals surface area contributed by atoms with Gasteiger partial charge in [-0.25, -0.2) is 4.79 Å². The van der Waals surface area contributed by atoms with E-state index in [0.717, 1.165) is 25.7 Å². The molecular formula is C26H28O4. The Morgan fingerprint density at radius 1 is 1.20 bits per heavy atom. The number of aliphatic hydroxyl groups is 1. The number of rotatable bonds is 5. The van der Waals surface area contributed by atoms with Gasteiger partial charge in [-0.2, -0.15) is 0 Å². The van der Waals surface area contributed by atoms with Crippen LogP contribution in [0.5, 0.6) is 5.75 Å². The summed E-state index contributed by atoms with van der Waals surface area (Å²) in [6.07, 6.45) is 5.04. The van der Waals surface area contributed by atoms with E-state index in [-0.39, 0.29) is 12.0 Å². The van der Waals surface area contributed by atoms with E-state index in [4.69, 9.17) is 9.84 Å². The van der Waals surface area contributed by atoms with Crippen molar-refractivity contribution in [3.8, 4) is 17.6 Å². The first-order valence-electron chi connectivity index (χ1n) is 10.6. The van der Waals surface area contributed by atoms with Crippen LogP contribution in [-0.2, 0) is 23.1 Å². The summed E-state index contributed by atoms with van der Waals surface area (Å²) in [5.74, 6) is 5.96. The van der Waals surface area contributed by atoms with E-state index in [0.29, 0.717) is 24.5 Å². The smallest absolute Gasteiger partial charge is 0.341 e. The van der Waals surface area contributed by atoms with Gasteiger partial charge in [-0.15, -0.1) is 5.92 Å². The molecule has 2 aromatic rings. The minimum Gasteiger partial charge on any atom is -0.482 e. The van der Waals surface area contributed by atoms with Crippen molar-refractivity contribution in [3.05, 3.63) is 65.2 Å². The van der Waals surface area contributed by atoms with E-state index in [9.17, 15) is 9.90 Å². The number of hydrogen-bond donors (Lipinski definition) is 2. The van der Waals surface area contributed by atoms with Crippen LogP contribution in [0, 0.1) is 17.8 Å². The van der Waals surface area contributed by atoms with Crippen molar-refractivity contribution in [2.45, 2.75) is 56.5 Å². The van der Waals surface area contributed by atoms with Crippen molar-refractivity contribution in [3.63, 3.8) is 0 Å². The van der Waals surface area contributed by atoms with Crippen molar-refractivity contribution >= 4 is 5.97 Å². The normalized spacial score (nSPS) is 27.2. The molecule has 0 saturated heterocycles. The van der Waals surface area contributed by atoms with Gasteiger partial charge in [-0.05, 0) is 80.2 Å². The number of aryl methyl sites for hydroxylation is 1. The molecule has 1 saturated carbocycles. The number of ether oxygens (including phenoxy) is 1. The van der Waals surface area contributed by atoms with Crippen LogP contribution < -0.4 is 4.74 Å². The van der Waals surface area contributed by atoms with Gasteiger partial charge >= 0.3 is 5.97 Å². The molecule has 0 aliphatic heterocycles.